The van der Waals surface area contributed by atoms with Crippen LogP contribution in [-0.4, -0.2) is 22.0 Å². The van der Waals surface area contributed by atoms with Crippen molar-refractivity contribution in [2.24, 2.45) is 5.73 Å². The predicted molar refractivity (Wildman–Crippen MR) is 89.6 cm³/mol. The van der Waals surface area contributed by atoms with Gasteiger partial charge in [0.25, 0.3) is 5.91 Å². The Bertz CT molecular complexity index is 886. The van der Waals surface area contributed by atoms with Gasteiger partial charge in [0.15, 0.2) is 0 Å². The van der Waals surface area contributed by atoms with Gasteiger partial charge in [0.1, 0.15) is 11.8 Å². The molecule has 0 aliphatic rings. The zero-order chi connectivity index (χ0) is 17.1. The number of nitrogens with one attached hydrogen (secondary N) is 2. The molecule has 7 heteroatoms. The van der Waals surface area contributed by atoms with Gasteiger partial charge >= 0.3 is 6.09 Å². The summed E-state index contributed by atoms with van der Waals surface area (Å²) in [5.41, 5.74) is 7.63. The maximum absolute atomic E-state index is 12.4. The number of hydrogen-bond donors (Lipinski definition) is 3. The fourth-order valence-electron chi connectivity index (χ4n) is 2.41. The van der Waals surface area contributed by atoms with E-state index in [1.165, 1.54) is 0 Å². The molecule has 0 spiro atoms. The molecule has 122 valence electrons. The molecule has 0 aliphatic carbocycles. The summed E-state index contributed by atoms with van der Waals surface area (Å²) in [5, 5.41) is 3.70. The summed E-state index contributed by atoms with van der Waals surface area (Å²) in [4.78, 5) is 30.3. The van der Waals surface area contributed by atoms with Crippen molar-refractivity contribution in [3.8, 4) is 0 Å². The van der Waals surface area contributed by atoms with Crippen LogP contribution in [0.25, 0.3) is 11.0 Å². The Balaban J connectivity index is 1.76. The van der Waals surface area contributed by atoms with Crippen LogP contribution in [0.3, 0.4) is 0 Å². The molecule has 0 saturated carbocycles. The smallest absolute Gasteiger partial charge is 0.405 e. The number of hydrogen-bond acceptors (Lipinski definition) is 4. The van der Waals surface area contributed by atoms with E-state index in [2.05, 4.69) is 15.3 Å². The lowest BCUT2D eigenvalue weighted by molar-refractivity contribution is 0.102. The summed E-state index contributed by atoms with van der Waals surface area (Å²) in [6, 6.07) is 10.4. The summed E-state index contributed by atoms with van der Waals surface area (Å²) in [6.45, 7) is 1.71. The number of rotatable bonds is 4. The van der Waals surface area contributed by atoms with Gasteiger partial charge in [-0.05, 0) is 36.8 Å². The first-order chi connectivity index (χ1) is 11.5. The van der Waals surface area contributed by atoms with Crippen LogP contribution in [-0.2, 0) is 4.74 Å². The van der Waals surface area contributed by atoms with Gasteiger partial charge < -0.3 is 20.8 Å². The van der Waals surface area contributed by atoms with Gasteiger partial charge in [0.05, 0.1) is 5.69 Å². The summed E-state index contributed by atoms with van der Waals surface area (Å²) in [5.74, 6) is -0.237. The van der Waals surface area contributed by atoms with E-state index in [-0.39, 0.29) is 5.91 Å². The average Bonchev–Trinajstić information content (AvgIpc) is 3.04. The highest BCUT2D eigenvalue weighted by molar-refractivity contribution is 6.08. The van der Waals surface area contributed by atoms with Gasteiger partial charge in [0.2, 0.25) is 0 Å². The van der Waals surface area contributed by atoms with E-state index in [1.807, 2.05) is 6.07 Å². The van der Waals surface area contributed by atoms with Crippen molar-refractivity contribution in [1.82, 2.24) is 9.97 Å². The number of aromatic nitrogens is 2. The predicted octanol–water partition coefficient (Wildman–Crippen LogP) is 2.97. The fourth-order valence-corrected chi connectivity index (χ4v) is 2.41. The Morgan fingerprint density at radius 2 is 1.96 bits per heavy atom. The molecule has 0 aliphatic heterocycles. The highest BCUT2D eigenvalue weighted by Crippen LogP contribution is 2.22. The largest absolute Gasteiger partial charge is 0.442 e. The second-order valence-corrected chi connectivity index (χ2v) is 5.25. The van der Waals surface area contributed by atoms with Gasteiger partial charge in [-0.3, -0.25) is 4.79 Å². The van der Waals surface area contributed by atoms with Crippen LogP contribution in [0.15, 0.2) is 48.8 Å². The van der Waals surface area contributed by atoms with E-state index < -0.39 is 12.2 Å². The molecule has 3 aromatic rings. The number of primary amides is 1. The topological polar surface area (TPSA) is 110 Å². The molecule has 2 aromatic heterocycles. The first-order valence-corrected chi connectivity index (χ1v) is 7.34. The summed E-state index contributed by atoms with van der Waals surface area (Å²) in [7, 11) is 0. The minimum atomic E-state index is -0.836. The number of pyridine rings is 1. The van der Waals surface area contributed by atoms with Gasteiger partial charge in [-0.1, -0.05) is 12.1 Å². The Hall–Kier alpha value is -3.35. The minimum absolute atomic E-state index is 0.237. The van der Waals surface area contributed by atoms with Gasteiger partial charge in [-0.15, -0.1) is 0 Å². The number of aromatic amines is 1. The van der Waals surface area contributed by atoms with Crippen molar-refractivity contribution in [3.63, 3.8) is 0 Å². The quantitative estimate of drug-likeness (QED) is 0.685. The second-order valence-electron chi connectivity index (χ2n) is 5.25. The number of anilines is 1. The molecular weight excluding hydrogens is 308 g/mol. The number of benzene rings is 1. The molecule has 24 heavy (non-hydrogen) atoms. The summed E-state index contributed by atoms with van der Waals surface area (Å²) < 4.78 is 4.90. The Morgan fingerprint density at radius 3 is 2.67 bits per heavy atom. The summed E-state index contributed by atoms with van der Waals surface area (Å²) >= 11 is 0. The molecule has 0 bridgehead atoms. The minimum Gasteiger partial charge on any atom is -0.442 e. The maximum atomic E-state index is 12.4. The Morgan fingerprint density at radius 1 is 1.21 bits per heavy atom. The Kier molecular flexibility index (Phi) is 4.15. The average molecular weight is 324 g/mol. The van der Waals surface area contributed by atoms with Crippen LogP contribution in [0.2, 0.25) is 0 Å². The van der Waals surface area contributed by atoms with Crippen molar-refractivity contribution in [2.75, 3.05) is 5.32 Å². The second kappa shape index (κ2) is 6.41. The SMILES string of the molecule is C[C@@H](OC(N)=O)c1ccc(C(=O)Nc2ccnc3[nH]ccc23)cc1. The van der Waals surface area contributed by atoms with Gasteiger partial charge in [-0.2, -0.15) is 0 Å². The van der Waals surface area contributed by atoms with E-state index >= 15 is 0 Å². The van der Waals surface area contributed by atoms with Crippen molar-refractivity contribution >= 4 is 28.7 Å². The molecule has 7 nitrogen and oxygen atoms in total. The van der Waals surface area contributed by atoms with E-state index in [9.17, 15) is 9.59 Å². The number of H-pyrrole nitrogens is 1. The van der Waals surface area contributed by atoms with Crippen LogP contribution in [0.5, 0.6) is 0 Å². The van der Waals surface area contributed by atoms with Crippen LogP contribution in [0, 0.1) is 0 Å². The molecule has 4 N–H and O–H groups in total. The first-order valence-electron chi connectivity index (χ1n) is 7.34. The molecule has 0 radical (unpaired) electrons. The Labute approximate surface area is 137 Å². The third-order valence-corrected chi connectivity index (χ3v) is 3.64. The third kappa shape index (κ3) is 3.19. The normalized spacial score (nSPS) is 11.9. The molecule has 2 amide bonds. The van der Waals surface area contributed by atoms with Crippen LogP contribution in [0.1, 0.15) is 28.9 Å². The number of carbonyl (C=O) groups is 2. The molecule has 1 atom stereocenters. The van der Waals surface area contributed by atoms with Crippen LogP contribution < -0.4 is 11.1 Å². The molecule has 3 rings (SSSR count). The van der Waals surface area contributed by atoms with E-state index in [0.29, 0.717) is 16.9 Å². The van der Waals surface area contributed by atoms with Crippen molar-refractivity contribution < 1.29 is 14.3 Å². The summed E-state index contributed by atoms with van der Waals surface area (Å²) in [6.07, 6.45) is 2.08. The highest BCUT2D eigenvalue weighted by atomic mass is 16.6. The number of nitrogens with zero attached hydrogens (tertiary/aromatic N) is 1. The van der Waals surface area contributed by atoms with Gasteiger partial charge in [-0.25, -0.2) is 9.78 Å². The maximum Gasteiger partial charge on any atom is 0.405 e. The number of amides is 2. The standard InChI is InChI=1S/C17H16N4O3/c1-10(24-17(18)23)11-2-4-12(5-3-11)16(22)21-14-7-9-20-15-13(14)6-8-19-15/h2-10H,1H3,(H2,18,23)(H2,19,20,21,22)/t10-/m1/s1. The van der Waals surface area contributed by atoms with E-state index in [1.54, 1.807) is 49.6 Å². The molecule has 0 fully saturated rings. The van der Waals surface area contributed by atoms with Crippen molar-refractivity contribution in [3.05, 3.63) is 59.9 Å². The third-order valence-electron chi connectivity index (χ3n) is 3.64. The molecule has 2 heterocycles. The lowest BCUT2D eigenvalue weighted by Gasteiger charge is -2.12. The van der Waals surface area contributed by atoms with Crippen LogP contribution >= 0.6 is 0 Å². The molecular formula is C17H16N4O3. The molecule has 0 unspecified atom stereocenters. The van der Waals surface area contributed by atoms with Crippen molar-refractivity contribution in [2.45, 2.75) is 13.0 Å². The van der Waals surface area contributed by atoms with E-state index in [0.717, 1.165) is 10.9 Å². The fraction of sp³-hybridized carbons (Fsp3) is 0.118. The monoisotopic (exact) mass is 324 g/mol. The molecule has 1 aromatic carbocycles. The zero-order valence-electron chi connectivity index (χ0n) is 12.9. The lowest BCUT2D eigenvalue weighted by atomic mass is 10.1. The van der Waals surface area contributed by atoms with Gasteiger partial charge in [0, 0.05) is 23.3 Å². The lowest BCUT2D eigenvalue weighted by Crippen LogP contribution is -2.16. The highest BCUT2D eigenvalue weighted by Gasteiger charge is 2.12. The number of nitrogens with two attached hydrogens (primary N) is 1. The van der Waals surface area contributed by atoms with Crippen molar-refractivity contribution in [1.29, 1.82) is 0 Å². The zero-order valence-corrected chi connectivity index (χ0v) is 12.9. The first kappa shape index (κ1) is 15.5. The van der Waals surface area contributed by atoms with E-state index in [4.69, 9.17) is 10.5 Å². The number of ether oxygens (including phenoxy) is 1. The molecule has 0 saturated heterocycles. The van der Waals surface area contributed by atoms with Crippen LogP contribution in [0.4, 0.5) is 10.5 Å². The number of fused-ring (bicyclic) bond motifs is 1. The number of carbonyl (C=O) groups excluding carboxylic acids is 2.